The molecule has 2 heteroatoms. The number of hydrogen-bond donors (Lipinski definition) is 1. The van der Waals surface area contributed by atoms with Crippen LogP contribution in [-0.4, -0.2) is 25.8 Å². The molecule has 0 aromatic carbocycles. The van der Waals surface area contributed by atoms with E-state index in [4.69, 9.17) is 4.74 Å². The van der Waals surface area contributed by atoms with Gasteiger partial charge in [-0.15, -0.1) is 0 Å². The summed E-state index contributed by atoms with van der Waals surface area (Å²) in [5, 5.41) is 3.29. The summed E-state index contributed by atoms with van der Waals surface area (Å²) < 4.78 is 5.71. The van der Waals surface area contributed by atoms with E-state index in [-0.39, 0.29) is 0 Å². The fourth-order valence-electron chi connectivity index (χ4n) is 1.68. The molecule has 1 saturated carbocycles. The Morgan fingerprint density at radius 2 is 2.08 bits per heavy atom. The monoisotopic (exact) mass is 171 g/mol. The average molecular weight is 171 g/mol. The zero-order chi connectivity index (χ0) is 8.65. The van der Waals surface area contributed by atoms with Gasteiger partial charge in [0, 0.05) is 6.61 Å². The van der Waals surface area contributed by atoms with E-state index < -0.39 is 0 Å². The molecule has 1 N–H and O–H groups in total. The van der Waals surface area contributed by atoms with E-state index in [2.05, 4.69) is 12.2 Å². The third kappa shape index (κ3) is 4.07. The van der Waals surface area contributed by atoms with Crippen molar-refractivity contribution in [3.63, 3.8) is 0 Å². The molecule has 0 radical (unpaired) electrons. The predicted molar refractivity (Wildman–Crippen MR) is 51.4 cm³/mol. The second-order valence-corrected chi connectivity index (χ2v) is 3.48. The lowest BCUT2D eigenvalue weighted by molar-refractivity contribution is 0.0570. The van der Waals surface area contributed by atoms with E-state index in [1.165, 1.54) is 25.7 Å². The van der Waals surface area contributed by atoms with Crippen LogP contribution in [0.2, 0.25) is 0 Å². The largest absolute Gasteiger partial charge is 0.378 e. The van der Waals surface area contributed by atoms with Crippen LogP contribution in [0.4, 0.5) is 0 Å². The molecular weight excluding hydrogens is 150 g/mol. The van der Waals surface area contributed by atoms with Crippen molar-refractivity contribution in [3.8, 4) is 0 Å². The first-order chi connectivity index (χ1) is 5.93. The molecule has 0 aromatic heterocycles. The molecule has 2 nitrogen and oxygen atoms in total. The molecule has 0 amide bonds. The van der Waals surface area contributed by atoms with Crippen molar-refractivity contribution in [2.24, 2.45) is 0 Å². The number of nitrogens with one attached hydrogen (secondary N) is 1. The lowest BCUT2D eigenvalue weighted by Gasteiger charge is -2.10. The SMILES string of the molecule is CCNCCCOC1CCCC1. The molecule has 0 spiro atoms. The number of rotatable bonds is 6. The smallest absolute Gasteiger partial charge is 0.0575 e. The van der Waals surface area contributed by atoms with Gasteiger partial charge in [0.25, 0.3) is 0 Å². The minimum absolute atomic E-state index is 0.589. The van der Waals surface area contributed by atoms with Gasteiger partial charge in [-0.05, 0) is 32.4 Å². The summed E-state index contributed by atoms with van der Waals surface area (Å²) >= 11 is 0. The van der Waals surface area contributed by atoms with Gasteiger partial charge in [0.15, 0.2) is 0 Å². The van der Waals surface area contributed by atoms with Crippen LogP contribution in [0.15, 0.2) is 0 Å². The average Bonchev–Trinajstić information content (AvgIpc) is 2.57. The summed E-state index contributed by atoms with van der Waals surface area (Å²) in [6, 6.07) is 0. The van der Waals surface area contributed by atoms with Crippen LogP contribution >= 0.6 is 0 Å². The van der Waals surface area contributed by atoms with Crippen LogP contribution in [0.25, 0.3) is 0 Å². The summed E-state index contributed by atoms with van der Waals surface area (Å²) in [4.78, 5) is 0. The Morgan fingerprint density at radius 3 is 2.75 bits per heavy atom. The van der Waals surface area contributed by atoms with E-state index in [9.17, 15) is 0 Å². The summed E-state index contributed by atoms with van der Waals surface area (Å²) in [5.74, 6) is 0. The third-order valence-corrected chi connectivity index (χ3v) is 2.40. The highest BCUT2D eigenvalue weighted by molar-refractivity contribution is 4.66. The van der Waals surface area contributed by atoms with E-state index >= 15 is 0 Å². The minimum atomic E-state index is 0.589. The van der Waals surface area contributed by atoms with Crippen LogP contribution in [0.5, 0.6) is 0 Å². The Bertz CT molecular complexity index is 100. The van der Waals surface area contributed by atoms with Crippen LogP contribution in [0.1, 0.15) is 39.0 Å². The lowest BCUT2D eigenvalue weighted by atomic mass is 10.3. The molecule has 12 heavy (non-hydrogen) atoms. The van der Waals surface area contributed by atoms with Crippen LogP contribution in [0, 0.1) is 0 Å². The Morgan fingerprint density at radius 1 is 1.33 bits per heavy atom. The second kappa shape index (κ2) is 6.44. The predicted octanol–water partition coefficient (Wildman–Crippen LogP) is 1.95. The highest BCUT2D eigenvalue weighted by Crippen LogP contribution is 2.20. The zero-order valence-corrected chi connectivity index (χ0v) is 8.14. The summed E-state index contributed by atoms with van der Waals surface area (Å²) in [6.07, 6.45) is 7.08. The standard InChI is InChI=1S/C10H21NO/c1-2-11-8-5-9-12-10-6-3-4-7-10/h10-11H,2-9H2,1H3. The number of hydrogen-bond acceptors (Lipinski definition) is 2. The molecule has 0 unspecified atom stereocenters. The first kappa shape index (κ1) is 10.0. The quantitative estimate of drug-likeness (QED) is 0.617. The molecule has 0 heterocycles. The van der Waals surface area contributed by atoms with Crippen molar-refractivity contribution in [3.05, 3.63) is 0 Å². The van der Waals surface area contributed by atoms with Crippen molar-refractivity contribution in [1.29, 1.82) is 0 Å². The Hall–Kier alpha value is -0.0800. The van der Waals surface area contributed by atoms with Crippen LogP contribution in [0.3, 0.4) is 0 Å². The van der Waals surface area contributed by atoms with E-state index in [1.54, 1.807) is 0 Å². The molecule has 0 saturated heterocycles. The molecular formula is C10H21NO. The molecule has 0 bridgehead atoms. The van der Waals surface area contributed by atoms with Gasteiger partial charge in [0.05, 0.1) is 6.10 Å². The summed E-state index contributed by atoms with van der Waals surface area (Å²) in [7, 11) is 0. The zero-order valence-electron chi connectivity index (χ0n) is 8.14. The fraction of sp³-hybridized carbons (Fsp3) is 1.00. The molecule has 1 rings (SSSR count). The van der Waals surface area contributed by atoms with Gasteiger partial charge < -0.3 is 10.1 Å². The van der Waals surface area contributed by atoms with Crippen molar-refractivity contribution < 1.29 is 4.74 Å². The maximum absolute atomic E-state index is 5.71. The van der Waals surface area contributed by atoms with E-state index in [0.29, 0.717) is 6.10 Å². The summed E-state index contributed by atoms with van der Waals surface area (Å²) in [6.45, 7) is 5.25. The van der Waals surface area contributed by atoms with E-state index in [1.807, 2.05) is 0 Å². The van der Waals surface area contributed by atoms with Crippen molar-refractivity contribution in [2.45, 2.75) is 45.1 Å². The van der Waals surface area contributed by atoms with Gasteiger partial charge in [0.1, 0.15) is 0 Å². The van der Waals surface area contributed by atoms with Gasteiger partial charge in [-0.2, -0.15) is 0 Å². The molecule has 1 fully saturated rings. The van der Waals surface area contributed by atoms with Crippen molar-refractivity contribution in [1.82, 2.24) is 5.32 Å². The second-order valence-electron chi connectivity index (χ2n) is 3.48. The maximum Gasteiger partial charge on any atom is 0.0575 e. The highest BCUT2D eigenvalue weighted by atomic mass is 16.5. The van der Waals surface area contributed by atoms with Crippen molar-refractivity contribution >= 4 is 0 Å². The molecule has 72 valence electrons. The number of ether oxygens (including phenoxy) is 1. The highest BCUT2D eigenvalue weighted by Gasteiger charge is 2.14. The summed E-state index contributed by atoms with van der Waals surface area (Å²) in [5.41, 5.74) is 0. The third-order valence-electron chi connectivity index (χ3n) is 2.40. The molecule has 0 atom stereocenters. The first-order valence-electron chi connectivity index (χ1n) is 5.26. The first-order valence-corrected chi connectivity index (χ1v) is 5.26. The maximum atomic E-state index is 5.71. The minimum Gasteiger partial charge on any atom is -0.378 e. The molecule has 1 aliphatic rings. The Kier molecular flexibility index (Phi) is 5.37. The van der Waals surface area contributed by atoms with Crippen LogP contribution in [-0.2, 0) is 4.74 Å². The van der Waals surface area contributed by atoms with Gasteiger partial charge in [-0.3, -0.25) is 0 Å². The molecule has 0 aliphatic heterocycles. The van der Waals surface area contributed by atoms with Crippen molar-refractivity contribution in [2.75, 3.05) is 19.7 Å². The van der Waals surface area contributed by atoms with Gasteiger partial charge in [-0.1, -0.05) is 19.8 Å². The van der Waals surface area contributed by atoms with E-state index in [0.717, 1.165) is 26.1 Å². The lowest BCUT2D eigenvalue weighted by Crippen LogP contribution is -2.17. The van der Waals surface area contributed by atoms with Gasteiger partial charge in [0.2, 0.25) is 0 Å². The fourth-order valence-corrected chi connectivity index (χ4v) is 1.68. The van der Waals surface area contributed by atoms with Crippen LogP contribution < -0.4 is 5.32 Å². The van der Waals surface area contributed by atoms with Gasteiger partial charge >= 0.3 is 0 Å². The topological polar surface area (TPSA) is 21.3 Å². The normalized spacial score (nSPS) is 18.8. The molecule has 0 aromatic rings. The Balaban J connectivity index is 1.81. The Labute approximate surface area is 75.7 Å². The van der Waals surface area contributed by atoms with Gasteiger partial charge in [-0.25, -0.2) is 0 Å². The molecule has 1 aliphatic carbocycles.